The molecular formula is C34H39N7O5. The standard InChI is InChI=1S/C34H39N7O5/c1-2-39-23-30(41(43)44)32(35-39)34(42)40-33(25-8-12-28(13-9-25)38-16-20-46-21-17-38)29-5-3-4-26(31(29)36-40)22-24-6-10-27(11-7-24)37-14-18-45-19-15-37/h6-13,22-23,29,33H,2-5,14-21H2,1H3/b26-22+. The third-order valence-corrected chi connectivity index (χ3v) is 9.40. The van der Waals surface area contributed by atoms with Gasteiger partial charge in [-0.2, -0.15) is 10.2 Å². The number of nitro groups is 1. The van der Waals surface area contributed by atoms with Gasteiger partial charge in [-0.05, 0) is 73.2 Å². The van der Waals surface area contributed by atoms with Crippen LogP contribution in [0.25, 0.3) is 6.08 Å². The number of hydrogen-bond acceptors (Lipinski definition) is 9. The van der Waals surface area contributed by atoms with E-state index in [0.717, 1.165) is 86.8 Å². The van der Waals surface area contributed by atoms with Gasteiger partial charge in [0.25, 0.3) is 0 Å². The van der Waals surface area contributed by atoms with E-state index in [1.165, 1.54) is 21.6 Å². The van der Waals surface area contributed by atoms with Crippen molar-refractivity contribution < 1.29 is 19.2 Å². The number of morpholine rings is 2. The first-order valence-electron chi connectivity index (χ1n) is 16.2. The lowest BCUT2D eigenvalue weighted by Crippen LogP contribution is -2.36. The molecular weight excluding hydrogens is 586 g/mol. The van der Waals surface area contributed by atoms with E-state index < -0.39 is 16.9 Å². The molecule has 2 atom stereocenters. The van der Waals surface area contributed by atoms with Gasteiger partial charge in [0.2, 0.25) is 5.69 Å². The molecule has 12 nitrogen and oxygen atoms in total. The molecule has 3 aromatic rings. The fourth-order valence-corrected chi connectivity index (χ4v) is 6.98. The number of ether oxygens (including phenoxy) is 2. The summed E-state index contributed by atoms with van der Waals surface area (Å²) in [5, 5.41) is 22.7. The minimum Gasteiger partial charge on any atom is -0.378 e. The summed E-state index contributed by atoms with van der Waals surface area (Å²) in [6, 6.07) is 16.4. The molecule has 3 fully saturated rings. The molecule has 0 bridgehead atoms. The Hall–Kier alpha value is -4.55. The number of fused-ring (bicyclic) bond motifs is 1. The van der Waals surface area contributed by atoms with Crippen LogP contribution in [0.3, 0.4) is 0 Å². The molecule has 240 valence electrons. The number of rotatable bonds is 7. The van der Waals surface area contributed by atoms with Gasteiger partial charge in [0.05, 0.1) is 43.1 Å². The number of carbonyl (C=O) groups is 1. The van der Waals surface area contributed by atoms with Gasteiger partial charge in [0.1, 0.15) is 6.20 Å². The van der Waals surface area contributed by atoms with Gasteiger partial charge in [-0.15, -0.1) is 0 Å². The number of nitrogens with zero attached hydrogens (tertiary/aromatic N) is 7. The molecule has 2 unspecified atom stereocenters. The van der Waals surface area contributed by atoms with Crippen molar-refractivity contribution in [3.63, 3.8) is 0 Å². The van der Waals surface area contributed by atoms with E-state index in [9.17, 15) is 14.9 Å². The van der Waals surface area contributed by atoms with E-state index in [1.807, 2.05) is 6.92 Å². The van der Waals surface area contributed by atoms with Gasteiger partial charge in [-0.25, -0.2) is 5.01 Å². The van der Waals surface area contributed by atoms with Crippen LogP contribution in [0, 0.1) is 16.0 Å². The summed E-state index contributed by atoms with van der Waals surface area (Å²) in [5.41, 5.74) is 5.77. The average molecular weight is 626 g/mol. The summed E-state index contributed by atoms with van der Waals surface area (Å²) in [6.07, 6.45) is 6.15. The van der Waals surface area contributed by atoms with Crippen LogP contribution >= 0.6 is 0 Å². The van der Waals surface area contributed by atoms with E-state index >= 15 is 0 Å². The van der Waals surface area contributed by atoms with E-state index in [4.69, 9.17) is 14.6 Å². The van der Waals surface area contributed by atoms with Gasteiger partial charge < -0.3 is 19.3 Å². The zero-order valence-electron chi connectivity index (χ0n) is 26.1. The molecule has 4 aliphatic rings. The number of hydrogen-bond donors (Lipinski definition) is 0. The molecule has 1 aliphatic carbocycles. The molecule has 46 heavy (non-hydrogen) atoms. The lowest BCUT2D eigenvalue weighted by molar-refractivity contribution is -0.385. The fraction of sp³-hybridized carbons (Fsp3) is 0.441. The molecule has 0 spiro atoms. The van der Waals surface area contributed by atoms with E-state index in [-0.39, 0.29) is 17.3 Å². The number of allylic oxidation sites excluding steroid dienone is 1. The zero-order chi connectivity index (χ0) is 31.6. The van der Waals surface area contributed by atoms with Crippen LogP contribution in [0.15, 0.2) is 65.4 Å². The molecule has 2 saturated heterocycles. The summed E-state index contributed by atoms with van der Waals surface area (Å²) >= 11 is 0. The Balaban J connectivity index is 1.23. The Morgan fingerprint density at radius 1 is 0.957 bits per heavy atom. The van der Waals surface area contributed by atoms with E-state index in [0.29, 0.717) is 19.8 Å². The molecule has 4 heterocycles. The first-order chi connectivity index (χ1) is 22.5. The zero-order valence-corrected chi connectivity index (χ0v) is 26.1. The summed E-state index contributed by atoms with van der Waals surface area (Å²) < 4.78 is 12.5. The third-order valence-electron chi connectivity index (χ3n) is 9.40. The average Bonchev–Trinajstić information content (AvgIpc) is 3.73. The van der Waals surface area contributed by atoms with Crippen LogP contribution in [0.4, 0.5) is 17.1 Å². The van der Waals surface area contributed by atoms with Crippen molar-refractivity contribution in [1.29, 1.82) is 0 Å². The van der Waals surface area contributed by atoms with Crippen LogP contribution in [0.5, 0.6) is 0 Å². The summed E-state index contributed by atoms with van der Waals surface area (Å²) in [7, 11) is 0. The Morgan fingerprint density at radius 2 is 1.57 bits per heavy atom. The van der Waals surface area contributed by atoms with Gasteiger partial charge in [0, 0.05) is 50.0 Å². The predicted molar refractivity (Wildman–Crippen MR) is 175 cm³/mol. The smallest absolute Gasteiger partial charge is 0.320 e. The summed E-state index contributed by atoms with van der Waals surface area (Å²) in [6.45, 7) is 8.53. The van der Waals surface area contributed by atoms with Crippen LogP contribution in [0.2, 0.25) is 0 Å². The van der Waals surface area contributed by atoms with Crippen molar-refractivity contribution in [1.82, 2.24) is 14.8 Å². The SMILES string of the molecule is CCn1cc([N+](=O)[O-])c(C(=O)N2N=C3/C(=C/c4ccc(N5CCOCC5)cc4)CCCC3C2c2ccc(N3CCOCC3)cc2)n1. The molecule has 3 aliphatic heterocycles. The number of anilines is 2. The summed E-state index contributed by atoms with van der Waals surface area (Å²) in [5.74, 6) is -0.601. The Kier molecular flexibility index (Phi) is 8.55. The fourth-order valence-electron chi connectivity index (χ4n) is 6.98. The molecule has 0 radical (unpaired) electrons. The van der Waals surface area contributed by atoms with E-state index in [1.54, 1.807) is 0 Å². The maximum Gasteiger partial charge on any atom is 0.320 e. The monoisotopic (exact) mass is 625 g/mol. The third kappa shape index (κ3) is 5.90. The molecule has 12 heteroatoms. The van der Waals surface area contributed by atoms with Crippen LogP contribution in [-0.2, 0) is 16.0 Å². The molecule has 1 amide bonds. The minimum absolute atomic E-state index is 0.0434. The number of aromatic nitrogens is 2. The number of hydrazone groups is 1. The van der Waals surface area contributed by atoms with Crippen molar-refractivity contribution in [3.05, 3.63) is 87.2 Å². The molecule has 7 rings (SSSR count). The molecule has 2 aromatic carbocycles. The minimum atomic E-state index is -0.558. The lowest BCUT2D eigenvalue weighted by atomic mass is 9.77. The Morgan fingerprint density at radius 3 is 2.15 bits per heavy atom. The van der Waals surface area contributed by atoms with Gasteiger partial charge in [-0.1, -0.05) is 24.3 Å². The highest BCUT2D eigenvalue weighted by Crippen LogP contribution is 2.45. The highest BCUT2D eigenvalue weighted by molar-refractivity contribution is 6.09. The van der Waals surface area contributed by atoms with Crippen LogP contribution in [0.1, 0.15) is 53.8 Å². The summed E-state index contributed by atoms with van der Waals surface area (Å²) in [4.78, 5) is 30.2. The molecule has 1 saturated carbocycles. The van der Waals surface area contributed by atoms with Gasteiger partial charge >= 0.3 is 11.6 Å². The highest BCUT2D eigenvalue weighted by Gasteiger charge is 2.46. The number of benzene rings is 2. The van der Waals surface area contributed by atoms with Crippen molar-refractivity contribution >= 4 is 34.8 Å². The molecule has 1 aromatic heterocycles. The first kappa shape index (κ1) is 30.1. The number of aryl methyl sites for hydroxylation is 1. The van der Waals surface area contributed by atoms with Gasteiger partial charge in [0.15, 0.2) is 0 Å². The second kappa shape index (κ2) is 13.1. The number of amides is 1. The highest BCUT2D eigenvalue weighted by atomic mass is 16.6. The second-order valence-electron chi connectivity index (χ2n) is 12.1. The first-order valence-corrected chi connectivity index (χ1v) is 16.2. The Bertz CT molecular complexity index is 1640. The maximum atomic E-state index is 14.2. The quantitative estimate of drug-likeness (QED) is 0.268. The largest absolute Gasteiger partial charge is 0.378 e. The Labute approximate surface area is 268 Å². The lowest BCUT2D eigenvalue weighted by Gasteiger charge is -2.31. The van der Waals surface area contributed by atoms with Crippen molar-refractivity contribution in [2.45, 2.75) is 38.8 Å². The van der Waals surface area contributed by atoms with Crippen molar-refractivity contribution in [3.8, 4) is 0 Å². The van der Waals surface area contributed by atoms with Gasteiger partial charge in [-0.3, -0.25) is 19.6 Å². The van der Waals surface area contributed by atoms with E-state index in [2.05, 4.69) is 69.5 Å². The number of carbonyl (C=O) groups excluding carboxylic acids is 1. The maximum absolute atomic E-state index is 14.2. The van der Waals surface area contributed by atoms with Crippen molar-refractivity contribution in [2.75, 3.05) is 62.4 Å². The second-order valence-corrected chi connectivity index (χ2v) is 12.1. The topological polar surface area (TPSA) is 119 Å². The van der Waals surface area contributed by atoms with Crippen LogP contribution < -0.4 is 9.80 Å². The predicted octanol–water partition coefficient (Wildman–Crippen LogP) is 4.92. The normalized spacial score (nSPS) is 22.6. The van der Waals surface area contributed by atoms with Crippen LogP contribution in [-0.4, -0.2) is 83.9 Å². The van der Waals surface area contributed by atoms with Crippen molar-refractivity contribution in [2.24, 2.45) is 11.0 Å². The molecule has 0 N–H and O–H groups in total.